The van der Waals surface area contributed by atoms with Crippen molar-refractivity contribution < 1.29 is 18.0 Å². The van der Waals surface area contributed by atoms with Crippen molar-refractivity contribution in [2.24, 2.45) is 0 Å². The molecule has 0 aliphatic carbocycles. The lowest BCUT2D eigenvalue weighted by Crippen LogP contribution is -2.11. The van der Waals surface area contributed by atoms with Crippen LogP contribution in [-0.2, 0) is 0 Å². The maximum atomic E-state index is 11.9. The predicted octanol–water partition coefficient (Wildman–Crippen LogP) is 4.28. The molecule has 1 aromatic carbocycles. The Hall–Kier alpha value is -0.840. The molecule has 0 aliphatic rings. The van der Waals surface area contributed by atoms with Gasteiger partial charge in [-0.2, -0.15) is 13.2 Å². The van der Waals surface area contributed by atoms with E-state index in [0.29, 0.717) is 5.56 Å². The average Bonchev–Trinajstić information content (AvgIpc) is 2.17. The van der Waals surface area contributed by atoms with E-state index >= 15 is 0 Å². The molecule has 0 spiro atoms. The van der Waals surface area contributed by atoms with Crippen molar-refractivity contribution in [3.63, 3.8) is 0 Å². The summed E-state index contributed by atoms with van der Waals surface area (Å²) in [4.78, 5) is 11.4. The zero-order valence-corrected chi connectivity index (χ0v) is 10.2. The number of carbonyl (C=O) groups excluding carboxylic acids is 1. The van der Waals surface area contributed by atoms with Crippen molar-refractivity contribution in [2.45, 2.75) is 25.9 Å². The van der Waals surface area contributed by atoms with Crippen LogP contribution in [0, 0.1) is 6.92 Å². The quantitative estimate of drug-likeness (QED) is 0.761. The molecule has 0 aliphatic heterocycles. The summed E-state index contributed by atoms with van der Waals surface area (Å²) >= 11 is 3.26. The number of benzene rings is 1. The summed E-state index contributed by atoms with van der Waals surface area (Å²) < 4.78 is 36.6. The molecule has 0 heterocycles. The van der Waals surface area contributed by atoms with E-state index in [1.165, 1.54) is 6.07 Å². The second-order valence-corrected chi connectivity index (χ2v) is 4.36. The van der Waals surface area contributed by atoms with Crippen LogP contribution in [0.5, 0.6) is 0 Å². The number of aryl methyl sites for hydroxylation is 1. The molecule has 0 atom stereocenters. The smallest absolute Gasteiger partial charge is 0.294 e. The molecule has 5 heteroatoms. The number of alkyl halides is 3. The van der Waals surface area contributed by atoms with E-state index in [9.17, 15) is 18.0 Å². The van der Waals surface area contributed by atoms with Crippen molar-refractivity contribution in [2.75, 3.05) is 0 Å². The lowest BCUT2D eigenvalue weighted by molar-refractivity contribution is -0.133. The molecule has 0 amide bonds. The number of halogens is 4. The normalized spacial score (nSPS) is 11.6. The van der Waals surface area contributed by atoms with Gasteiger partial charge in [-0.05, 0) is 24.6 Å². The van der Waals surface area contributed by atoms with Crippen LogP contribution in [0.1, 0.15) is 28.8 Å². The third-order valence-corrected chi connectivity index (χ3v) is 3.01. The molecule has 0 fully saturated rings. The van der Waals surface area contributed by atoms with Gasteiger partial charge in [0.2, 0.25) is 0 Å². The molecule has 16 heavy (non-hydrogen) atoms. The number of carbonyl (C=O) groups is 1. The predicted molar refractivity (Wildman–Crippen MR) is 58.5 cm³/mol. The minimum Gasteiger partial charge on any atom is -0.294 e. The van der Waals surface area contributed by atoms with Gasteiger partial charge in [0.15, 0.2) is 5.78 Å². The first-order valence-electron chi connectivity index (χ1n) is 4.66. The zero-order valence-electron chi connectivity index (χ0n) is 8.57. The van der Waals surface area contributed by atoms with Crippen LogP contribution < -0.4 is 0 Å². The van der Waals surface area contributed by atoms with Crippen molar-refractivity contribution >= 4 is 21.7 Å². The molecule has 0 bridgehead atoms. The number of hydrogen-bond donors (Lipinski definition) is 0. The highest BCUT2D eigenvalue weighted by molar-refractivity contribution is 9.10. The third kappa shape index (κ3) is 3.96. The maximum absolute atomic E-state index is 11.9. The summed E-state index contributed by atoms with van der Waals surface area (Å²) in [5, 5.41) is 0. The summed E-state index contributed by atoms with van der Waals surface area (Å²) in [6.07, 6.45) is -5.84. The fourth-order valence-electron chi connectivity index (χ4n) is 1.22. The van der Waals surface area contributed by atoms with Crippen molar-refractivity contribution in [3.8, 4) is 0 Å². The van der Waals surface area contributed by atoms with Gasteiger partial charge in [-0.25, -0.2) is 0 Å². The van der Waals surface area contributed by atoms with Gasteiger partial charge in [0.25, 0.3) is 0 Å². The fourth-order valence-corrected chi connectivity index (χ4v) is 1.46. The van der Waals surface area contributed by atoms with Gasteiger partial charge in [0.1, 0.15) is 0 Å². The van der Waals surface area contributed by atoms with E-state index in [4.69, 9.17) is 0 Å². The molecule has 0 radical (unpaired) electrons. The topological polar surface area (TPSA) is 17.1 Å². The largest absolute Gasteiger partial charge is 0.389 e. The van der Waals surface area contributed by atoms with Gasteiger partial charge < -0.3 is 0 Å². The Morgan fingerprint density at radius 1 is 1.38 bits per heavy atom. The minimum atomic E-state index is -4.28. The summed E-state index contributed by atoms with van der Waals surface area (Å²) in [6, 6.07) is 4.77. The SMILES string of the molecule is Cc1cc(C(=O)CCC(F)(F)F)ccc1Br. The Morgan fingerprint density at radius 2 is 2.00 bits per heavy atom. The molecule has 0 saturated carbocycles. The lowest BCUT2D eigenvalue weighted by atomic mass is 10.0. The molecule has 1 aromatic rings. The van der Waals surface area contributed by atoms with E-state index in [-0.39, 0.29) is 0 Å². The molecular weight excluding hydrogens is 285 g/mol. The van der Waals surface area contributed by atoms with Gasteiger partial charge in [-0.3, -0.25) is 4.79 Å². The Kier molecular flexibility index (Phi) is 4.13. The van der Waals surface area contributed by atoms with E-state index in [1.807, 2.05) is 0 Å². The Bertz CT molecular complexity index is 399. The van der Waals surface area contributed by atoms with Crippen LogP contribution in [0.4, 0.5) is 13.2 Å². The molecule has 88 valence electrons. The summed E-state index contributed by atoms with van der Waals surface area (Å²) in [7, 11) is 0. The summed E-state index contributed by atoms with van der Waals surface area (Å²) in [5.74, 6) is -0.479. The summed E-state index contributed by atoms with van der Waals surface area (Å²) in [6.45, 7) is 1.78. The van der Waals surface area contributed by atoms with Gasteiger partial charge in [-0.15, -0.1) is 0 Å². The Labute approximate surface area is 99.8 Å². The standard InChI is InChI=1S/C11H10BrF3O/c1-7-6-8(2-3-9(7)12)10(16)4-5-11(13,14)15/h2-3,6H,4-5H2,1H3. The second-order valence-electron chi connectivity index (χ2n) is 3.50. The van der Waals surface area contributed by atoms with Crippen molar-refractivity contribution in [1.82, 2.24) is 0 Å². The first-order chi connectivity index (χ1) is 7.29. The molecule has 1 nitrogen and oxygen atoms in total. The van der Waals surface area contributed by atoms with Crippen LogP contribution in [0.25, 0.3) is 0 Å². The minimum absolute atomic E-state index is 0.324. The molecule has 1 rings (SSSR count). The van der Waals surface area contributed by atoms with Crippen LogP contribution in [0.2, 0.25) is 0 Å². The molecular formula is C11H10BrF3O. The highest BCUT2D eigenvalue weighted by atomic mass is 79.9. The summed E-state index contributed by atoms with van der Waals surface area (Å²) in [5.41, 5.74) is 1.16. The molecule has 0 N–H and O–H groups in total. The average molecular weight is 295 g/mol. The number of Topliss-reactive ketones (excluding diaryl/α,β-unsaturated/α-hetero) is 1. The van der Waals surface area contributed by atoms with Crippen LogP contribution in [-0.4, -0.2) is 12.0 Å². The van der Waals surface area contributed by atoms with Crippen LogP contribution in [0.15, 0.2) is 22.7 Å². The molecule has 0 aromatic heterocycles. The van der Waals surface area contributed by atoms with Crippen molar-refractivity contribution in [1.29, 1.82) is 0 Å². The Balaban J connectivity index is 2.70. The van der Waals surface area contributed by atoms with Gasteiger partial charge >= 0.3 is 6.18 Å². The molecule has 0 unspecified atom stereocenters. The lowest BCUT2D eigenvalue weighted by Gasteiger charge is -2.06. The molecule has 0 saturated heterocycles. The Morgan fingerprint density at radius 3 is 2.50 bits per heavy atom. The first kappa shape index (κ1) is 13.2. The highest BCUT2D eigenvalue weighted by Crippen LogP contribution is 2.23. The van der Waals surface area contributed by atoms with Gasteiger partial charge in [-0.1, -0.05) is 22.0 Å². The fraction of sp³-hybridized carbons (Fsp3) is 0.364. The van der Waals surface area contributed by atoms with Gasteiger partial charge in [0, 0.05) is 16.5 Å². The second kappa shape index (κ2) is 4.99. The third-order valence-electron chi connectivity index (χ3n) is 2.12. The monoisotopic (exact) mass is 294 g/mol. The zero-order chi connectivity index (χ0) is 12.3. The van der Waals surface area contributed by atoms with E-state index in [1.54, 1.807) is 19.1 Å². The van der Waals surface area contributed by atoms with Gasteiger partial charge in [0.05, 0.1) is 6.42 Å². The van der Waals surface area contributed by atoms with E-state index in [2.05, 4.69) is 15.9 Å². The maximum Gasteiger partial charge on any atom is 0.389 e. The number of hydrogen-bond acceptors (Lipinski definition) is 1. The van der Waals surface area contributed by atoms with Crippen molar-refractivity contribution in [3.05, 3.63) is 33.8 Å². The van der Waals surface area contributed by atoms with E-state index in [0.717, 1.165) is 10.0 Å². The first-order valence-corrected chi connectivity index (χ1v) is 5.45. The number of ketones is 1. The van der Waals surface area contributed by atoms with Crippen LogP contribution >= 0.6 is 15.9 Å². The highest BCUT2D eigenvalue weighted by Gasteiger charge is 2.28. The van der Waals surface area contributed by atoms with Crippen LogP contribution in [0.3, 0.4) is 0 Å². The number of rotatable bonds is 3. The van der Waals surface area contributed by atoms with E-state index < -0.39 is 24.8 Å².